The molecule has 2 rings (SSSR count). The fourth-order valence-corrected chi connectivity index (χ4v) is 1.60. The third kappa shape index (κ3) is 3.64. The van der Waals surface area contributed by atoms with E-state index < -0.39 is 0 Å². The third-order valence-electron chi connectivity index (χ3n) is 2.44. The Balaban J connectivity index is 2.08. The lowest BCUT2D eigenvalue weighted by molar-refractivity contribution is 0.388. The van der Waals surface area contributed by atoms with Crippen LogP contribution in [0.3, 0.4) is 0 Å². The minimum Gasteiger partial charge on any atom is -0.370 e. The minimum atomic E-state index is 0.475. The van der Waals surface area contributed by atoms with Crippen molar-refractivity contribution in [2.75, 3.05) is 17.2 Å². The van der Waals surface area contributed by atoms with Gasteiger partial charge in [-0.15, -0.1) is 0 Å². The summed E-state index contributed by atoms with van der Waals surface area (Å²) in [5.74, 6) is 3.54. The van der Waals surface area contributed by atoms with Crippen LogP contribution in [0, 0.1) is 6.92 Å². The molecule has 2 aromatic rings. The molecule has 0 atom stereocenters. The van der Waals surface area contributed by atoms with Crippen molar-refractivity contribution in [1.29, 1.82) is 0 Å². The summed E-state index contributed by atoms with van der Waals surface area (Å²) in [6, 6.07) is 1.87. The number of anilines is 2. The topological polar surface area (TPSA) is 88.8 Å². The van der Waals surface area contributed by atoms with Crippen molar-refractivity contribution in [3.05, 3.63) is 23.6 Å². The van der Waals surface area contributed by atoms with E-state index in [1.54, 1.807) is 6.92 Å². The molecular formula is C12H18N6O. The number of nitrogens with one attached hydrogen (secondary N) is 2. The van der Waals surface area contributed by atoms with Gasteiger partial charge < -0.3 is 15.2 Å². The molecule has 0 aliphatic carbocycles. The number of hydrogen-bond donors (Lipinski definition) is 2. The molecule has 2 aromatic heterocycles. The molecule has 0 radical (unpaired) electrons. The van der Waals surface area contributed by atoms with Crippen molar-refractivity contribution < 1.29 is 4.52 Å². The highest BCUT2D eigenvalue weighted by Crippen LogP contribution is 2.12. The number of hydrogen-bond acceptors (Lipinski definition) is 7. The third-order valence-corrected chi connectivity index (χ3v) is 2.44. The molecule has 0 saturated carbocycles. The molecule has 0 fully saturated rings. The molecule has 7 heteroatoms. The second-order valence-electron chi connectivity index (χ2n) is 4.02. The highest BCUT2D eigenvalue weighted by molar-refractivity contribution is 5.47. The molecule has 0 aliphatic rings. The van der Waals surface area contributed by atoms with Crippen molar-refractivity contribution in [1.82, 2.24) is 20.1 Å². The smallest absolute Gasteiger partial charge is 0.223 e. The average Bonchev–Trinajstić information content (AvgIpc) is 2.82. The van der Waals surface area contributed by atoms with E-state index in [4.69, 9.17) is 4.52 Å². The van der Waals surface area contributed by atoms with Crippen LogP contribution < -0.4 is 10.6 Å². The maximum atomic E-state index is 4.91. The van der Waals surface area contributed by atoms with Gasteiger partial charge in [0.15, 0.2) is 5.82 Å². The van der Waals surface area contributed by atoms with Crippen LogP contribution in [0.4, 0.5) is 11.6 Å². The molecular weight excluding hydrogens is 244 g/mol. The number of nitrogens with zero attached hydrogens (tertiary/aromatic N) is 4. The molecule has 0 aromatic carbocycles. The Morgan fingerprint density at radius 2 is 1.79 bits per heavy atom. The van der Waals surface area contributed by atoms with Gasteiger partial charge >= 0.3 is 0 Å². The zero-order valence-corrected chi connectivity index (χ0v) is 11.4. The van der Waals surface area contributed by atoms with Crippen LogP contribution in [0.1, 0.15) is 31.4 Å². The molecule has 102 valence electrons. The molecule has 7 nitrogen and oxygen atoms in total. The number of aryl methyl sites for hydroxylation is 2. The lowest BCUT2D eigenvalue weighted by Crippen LogP contribution is -2.08. The van der Waals surface area contributed by atoms with Gasteiger partial charge in [0.2, 0.25) is 5.89 Å². The van der Waals surface area contributed by atoms with E-state index in [0.717, 1.165) is 30.4 Å². The van der Waals surface area contributed by atoms with Crippen molar-refractivity contribution in [2.24, 2.45) is 0 Å². The van der Waals surface area contributed by atoms with Crippen LogP contribution in [0.5, 0.6) is 0 Å². The van der Waals surface area contributed by atoms with Gasteiger partial charge in [0, 0.05) is 26.0 Å². The Bertz CT molecular complexity index is 539. The first kappa shape index (κ1) is 13.3. The second-order valence-corrected chi connectivity index (χ2v) is 4.02. The normalized spacial score (nSPS) is 10.5. The van der Waals surface area contributed by atoms with Crippen LogP contribution in [-0.2, 0) is 13.0 Å². The molecule has 0 unspecified atom stereocenters. The van der Waals surface area contributed by atoms with Crippen LogP contribution in [0.2, 0.25) is 0 Å². The summed E-state index contributed by atoms with van der Waals surface area (Å²) in [5.41, 5.74) is 0. The second kappa shape index (κ2) is 6.12. The van der Waals surface area contributed by atoms with E-state index >= 15 is 0 Å². The summed E-state index contributed by atoms with van der Waals surface area (Å²) in [5, 5.41) is 10.2. The van der Waals surface area contributed by atoms with E-state index in [2.05, 4.69) is 30.7 Å². The summed E-state index contributed by atoms with van der Waals surface area (Å²) in [4.78, 5) is 12.9. The molecule has 0 aliphatic heterocycles. The van der Waals surface area contributed by atoms with Gasteiger partial charge in [-0.3, -0.25) is 0 Å². The van der Waals surface area contributed by atoms with E-state index in [9.17, 15) is 0 Å². The molecule has 0 spiro atoms. The first-order valence-corrected chi connectivity index (χ1v) is 6.36. The summed E-state index contributed by atoms with van der Waals surface area (Å²) >= 11 is 0. The Labute approximate surface area is 111 Å². The molecule has 0 saturated heterocycles. The van der Waals surface area contributed by atoms with Gasteiger partial charge in [0.05, 0.1) is 6.54 Å². The molecule has 0 amide bonds. The lowest BCUT2D eigenvalue weighted by atomic mass is 10.4. The van der Waals surface area contributed by atoms with Gasteiger partial charge in [0.1, 0.15) is 17.5 Å². The Hall–Kier alpha value is -2.18. The van der Waals surface area contributed by atoms with Crippen molar-refractivity contribution >= 4 is 11.6 Å². The fourth-order valence-electron chi connectivity index (χ4n) is 1.60. The molecule has 2 N–H and O–H groups in total. The highest BCUT2D eigenvalue weighted by atomic mass is 16.5. The van der Waals surface area contributed by atoms with Gasteiger partial charge in [0.25, 0.3) is 0 Å². The quantitative estimate of drug-likeness (QED) is 0.820. The van der Waals surface area contributed by atoms with Gasteiger partial charge in [-0.1, -0.05) is 12.1 Å². The Morgan fingerprint density at radius 1 is 1.05 bits per heavy atom. The van der Waals surface area contributed by atoms with Gasteiger partial charge in [-0.05, 0) is 6.92 Å². The minimum absolute atomic E-state index is 0.475. The predicted octanol–water partition coefficient (Wildman–Crippen LogP) is 1.77. The predicted molar refractivity (Wildman–Crippen MR) is 71.9 cm³/mol. The van der Waals surface area contributed by atoms with Gasteiger partial charge in [-0.25, -0.2) is 9.97 Å². The summed E-state index contributed by atoms with van der Waals surface area (Å²) in [7, 11) is 0. The summed E-state index contributed by atoms with van der Waals surface area (Å²) < 4.78 is 4.91. The number of rotatable bonds is 6. The zero-order valence-electron chi connectivity index (χ0n) is 11.4. The van der Waals surface area contributed by atoms with E-state index in [1.807, 2.05) is 19.9 Å². The summed E-state index contributed by atoms with van der Waals surface area (Å²) in [6.45, 7) is 7.12. The molecule has 2 heterocycles. The first-order valence-electron chi connectivity index (χ1n) is 6.36. The molecule has 19 heavy (non-hydrogen) atoms. The largest absolute Gasteiger partial charge is 0.370 e. The number of aromatic nitrogens is 4. The molecule has 0 bridgehead atoms. The van der Waals surface area contributed by atoms with Crippen LogP contribution in [0.15, 0.2) is 10.6 Å². The standard InChI is InChI=1S/C12H18N6O/c1-4-9-16-10(13-5-2)6-11(17-9)14-7-12-15-8(3)19-18-12/h6H,4-5,7H2,1-3H3,(H2,13,14,16,17). The monoisotopic (exact) mass is 262 g/mol. The van der Waals surface area contributed by atoms with E-state index in [1.165, 1.54) is 0 Å². The average molecular weight is 262 g/mol. The fraction of sp³-hybridized carbons (Fsp3) is 0.500. The van der Waals surface area contributed by atoms with Crippen LogP contribution in [0.25, 0.3) is 0 Å². The highest BCUT2D eigenvalue weighted by Gasteiger charge is 2.05. The Morgan fingerprint density at radius 3 is 2.37 bits per heavy atom. The lowest BCUT2D eigenvalue weighted by Gasteiger charge is -2.08. The van der Waals surface area contributed by atoms with Crippen molar-refractivity contribution in [2.45, 2.75) is 33.7 Å². The summed E-state index contributed by atoms with van der Waals surface area (Å²) in [6.07, 6.45) is 0.787. The first-order chi connectivity index (χ1) is 9.21. The van der Waals surface area contributed by atoms with E-state index in [0.29, 0.717) is 18.3 Å². The Kier molecular flexibility index (Phi) is 4.27. The SMILES string of the molecule is CCNc1cc(NCc2noc(C)n2)nc(CC)n1. The van der Waals surface area contributed by atoms with Gasteiger partial charge in [-0.2, -0.15) is 4.98 Å². The van der Waals surface area contributed by atoms with Crippen molar-refractivity contribution in [3.63, 3.8) is 0 Å². The zero-order chi connectivity index (χ0) is 13.7. The maximum Gasteiger partial charge on any atom is 0.223 e. The van der Waals surface area contributed by atoms with Crippen molar-refractivity contribution in [3.8, 4) is 0 Å². The van der Waals surface area contributed by atoms with E-state index in [-0.39, 0.29) is 0 Å². The maximum absolute atomic E-state index is 4.91. The van der Waals surface area contributed by atoms with Crippen LogP contribution in [-0.4, -0.2) is 26.7 Å². The van der Waals surface area contributed by atoms with Crippen LogP contribution >= 0.6 is 0 Å².